The first-order valence-corrected chi connectivity index (χ1v) is 7.68. The molecule has 3 fully saturated rings. The van der Waals surface area contributed by atoms with Crippen molar-refractivity contribution in [1.29, 1.82) is 0 Å². The highest BCUT2D eigenvalue weighted by atomic mass is 14.9. The molecule has 5 unspecified atom stereocenters. The number of rotatable bonds is 2. The smallest absolute Gasteiger partial charge is 0.0354 e. The highest BCUT2D eigenvalue weighted by molar-refractivity contribution is 5.51. The molecule has 0 amide bonds. The van der Waals surface area contributed by atoms with E-state index in [9.17, 15) is 0 Å². The van der Waals surface area contributed by atoms with E-state index in [4.69, 9.17) is 6.42 Å². The van der Waals surface area contributed by atoms with Crippen LogP contribution in [0.3, 0.4) is 0 Å². The zero-order valence-corrected chi connectivity index (χ0v) is 11.3. The molecule has 1 N–H and O–H groups in total. The van der Waals surface area contributed by atoms with Crippen LogP contribution in [-0.4, -0.2) is 6.04 Å². The Kier molecular flexibility index (Phi) is 2.58. The Hall–Kier alpha value is -1.42. The minimum absolute atomic E-state index is 0.692. The molecule has 1 aromatic carbocycles. The fraction of sp³-hybridized carbons (Fsp3) is 0.556. The van der Waals surface area contributed by atoms with Gasteiger partial charge in [-0.3, -0.25) is 0 Å². The van der Waals surface area contributed by atoms with Crippen LogP contribution in [0.1, 0.15) is 37.7 Å². The fourth-order valence-electron chi connectivity index (χ4n) is 5.15. The molecule has 0 spiro atoms. The number of terminal acetylenes is 1. The zero-order valence-electron chi connectivity index (χ0n) is 11.3. The minimum Gasteiger partial charge on any atom is -0.382 e. The summed E-state index contributed by atoms with van der Waals surface area (Å²) in [5, 5.41) is 3.76. The van der Waals surface area contributed by atoms with Gasteiger partial charge in [-0.25, -0.2) is 0 Å². The van der Waals surface area contributed by atoms with Gasteiger partial charge < -0.3 is 5.32 Å². The number of benzene rings is 1. The van der Waals surface area contributed by atoms with Crippen molar-refractivity contribution in [3.05, 3.63) is 29.8 Å². The molecule has 2 bridgehead atoms. The van der Waals surface area contributed by atoms with Gasteiger partial charge in [-0.2, -0.15) is 0 Å². The monoisotopic (exact) mass is 251 g/mol. The molecular formula is C18H21N. The van der Waals surface area contributed by atoms with Crippen LogP contribution in [0.5, 0.6) is 0 Å². The Bertz CT molecular complexity index is 527. The van der Waals surface area contributed by atoms with Crippen molar-refractivity contribution in [2.75, 3.05) is 5.32 Å². The van der Waals surface area contributed by atoms with Crippen molar-refractivity contribution in [2.24, 2.45) is 23.7 Å². The number of hydrogen-bond donors (Lipinski definition) is 1. The quantitative estimate of drug-likeness (QED) is 0.786. The second kappa shape index (κ2) is 4.30. The van der Waals surface area contributed by atoms with Crippen LogP contribution in [0.25, 0.3) is 0 Å². The van der Waals surface area contributed by atoms with Gasteiger partial charge in [0, 0.05) is 17.3 Å². The van der Waals surface area contributed by atoms with Gasteiger partial charge in [0.05, 0.1) is 0 Å². The van der Waals surface area contributed by atoms with Gasteiger partial charge in [0.2, 0.25) is 0 Å². The van der Waals surface area contributed by atoms with Gasteiger partial charge in [0.15, 0.2) is 0 Å². The third-order valence-corrected chi connectivity index (χ3v) is 5.81. The van der Waals surface area contributed by atoms with Crippen molar-refractivity contribution in [2.45, 2.75) is 38.1 Å². The molecule has 1 nitrogen and oxygen atoms in total. The van der Waals surface area contributed by atoms with E-state index in [0.29, 0.717) is 6.04 Å². The largest absolute Gasteiger partial charge is 0.382 e. The Morgan fingerprint density at radius 2 is 2.00 bits per heavy atom. The maximum absolute atomic E-state index is 5.48. The van der Waals surface area contributed by atoms with Crippen LogP contribution >= 0.6 is 0 Å². The van der Waals surface area contributed by atoms with Gasteiger partial charge in [-0.15, -0.1) is 6.42 Å². The standard InChI is InChI=1S/C18H21N/c1-2-12-5-3-6-14(9-12)19-18-11-13-10-17(18)16-8-4-7-15(13)16/h1,3,5-6,9,13,15-19H,4,7-8,10-11H2. The second-order valence-electron chi connectivity index (χ2n) is 6.63. The van der Waals surface area contributed by atoms with E-state index in [0.717, 1.165) is 29.2 Å². The van der Waals surface area contributed by atoms with Crippen LogP contribution in [-0.2, 0) is 0 Å². The van der Waals surface area contributed by atoms with Crippen molar-refractivity contribution < 1.29 is 0 Å². The van der Waals surface area contributed by atoms with Crippen molar-refractivity contribution in [3.8, 4) is 12.3 Å². The molecule has 3 aliphatic rings. The van der Waals surface area contributed by atoms with E-state index < -0.39 is 0 Å². The average molecular weight is 251 g/mol. The average Bonchev–Trinajstić information content (AvgIpc) is 3.10. The number of hydrogen-bond acceptors (Lipinski definition) is 1. The Morgan fingerprint density at radius 3 is 2.89 bits per heavy atom. The first kappa shape index (κ1) is 11.4. The van der Waals surface area contributed by atoms with Gasteiger partial charge in [-0.05, 0) is 67.6 Å². The Balaban J connectivity index is 1.51. The molecular weight excluding hydrogens is 230 g/mol. The minimum atomic E-state index is 0.692. The van der Waals surface area contributed by atoms with E-state index in [-0.39, 0.29) is 0 Å². The van der Waals surface area contributed by atoms with Crippen molar-refractivity contribution >= 4 is 5.69 Å². The molecule has 1 aromatic rings. The molecule has 0 heterocycles. The van der Waals surface area contributed by atoms with Crippen molar-refractivity contribution in [1.82, 2.24) is 0 Å². The third kappa shape index (κ3) is 1.77. The first-order chi connectivity index (χ1) is 9.35. The molecule has 0 aromatic heterocycles. The maximum atomic E-state index is 5.48. The van der Waals surface area contributed by atoms with E-state index in [1.807, 2.05) is 6.07 Å². The summed E-state index contributed by atoms with van der Waals surface area (Å²) in [6.07, 6.45) is 12.8. The van der Waals surface area contributed by atoms with Gasteiger partial charge in [-0.1, -0.05) is 18.4 Å². The number of anilines is 1. The molecule has 0 aliphatic heterocycles. The lowest BCUT2D eigenvalue weighted by atomic mass is 9.79. The van der Waals surface area contributed by atoms with E-state index >= 15 is 0 Å². The molecule has 5 atom stereocenters. The predicted octanol–water partition coefficient (Wildman–Crippen LogP) is 3.90. The highest BCUT2D eigenvalue weighted by Crippen LogP contribution is 2.59. The molecule has 98 valence electrons. The van der Waals surface area contributed by atoms with Crippen LogP contribution in [0.2, 0.25) is 0 Å². The Morgan fingerprint density at radius 1 is 1.11 bits per heavy atom. The summed E-state index contributed by atoms with van der Waals surface area (Å²) in [6, 6.07) is 9.01. The number of nitrogens with one attached hydrogen (secondary N) is 1. The summed E-state index contributed by atoms with van der Waals surface area (Å²) >= 11 is 0. The predicted molar refractivity (Wildman–Crippen MR) is 78.8 cm³/mol. The topological polar surface area (TPSA) is 12.0 Å². The summed E-state index contributed by atoms with van der Waals surface area (Å²) in [4.78, 5) is 0. The van der Waals surface area contributed by atoms with E-state index in [1.165, 1.54) is 37.8 Å². The number of fused-ring (bicyclic) bond motifs is 5. The van der Waals surface area contributed by atoms with Crippen LogP contribution < -0.4 is 5.32 Å². The van der Waals surface area contributed by atoms with Crippen molar-refractivity contribution in [3.63, 3.8) is 0 Å². The fourth-order valence-corrected chi connectivity index (χ4v) is 5.15. The summed E-state index contributed by atoms with van der Waals surface area (Å²) in [5.74, 6) is 6.74. The molecule has 0 saturated heterocycles. The van der Waals surface area contributed by atoms with Crippen LogP contribution in [0.15, 0.2) is 24.3 Å². The molecule has 4 rings (SSSR count). The SMILES string of the molecule is C#Cc1cccc(NC2CC3CC2C2CCCC32)c1. The lowest BCUT2D eigenvalue weighted by Gasteiger charge is -2.32. The van der Waals surface area contributed by atoms with Gasteiger partial charge in [0.25, 0.3) is 0 Å². The Labute approximate surface area is 115 Å². The lowest BCUT2D eigenvalue weighted by molar-refractivity contribution is 0.243. The first-order valence-electron chi connectivity index (χ1n) is 7.68. The molecule has 3 saturated carbocycles. The molecule has 19 heavy (non-hydrogen) atoms. The lowest BCUT2D eigenvalue weighted by Crippen LogP contribution is -2.33. The van der Waals surface area contributed by atoms with E-state index in [1.54, 1.807) is 0 Å². The van der Waals surface area contributed by atoms with Gasteiger partial charge >= 0.3 is 0 Å². The molecule has 1 heteroatoms. The highest BCUT2D eigenvalue weighted by Gasteiger charge is 2.53. The van der Waals surface area contributed by atoms with Crippen LogP contribution in [0, 0.1) is 36.0 Å². The van der Waals surface area contributed by atoms with Gasteiger partial charge in [0.1, 0.15) is 0 Å². The normalized spacial score (nSPS) is 39.0. The maximum Gasteiger partial charge on any atom is 0.0354 e. The summed E-state index contributed by atoms with van der Waals surface area (Å²) in [7, 11) is 0. The second-order valence-corrected chi connectivity index (χ2v) is 6.63. The zero-order chi connectivity index (χ0) is 12.8. The van der Waals surface area contributed by atoms with Crippen LogP contribution in [0.4, 0.5) is 5.69 Å². The summed E-state index contributed by atoms with van der Waals surface area (Å²) in [5.41, 5.74) is 2.19. The molecule has 3 aliphatic carbocycles. The third-order valence-electron chi connectivity index (χ3n) is 5.81. The summed E-state index contributed by atoms with van der Waals surface area (Å²) in [6.45, 7) is 0. The van der Waals surface area contributed by atoms with E-state index in [2.05, 4.69) is 29.4 Å². The molecule has 0 radical (unpaired) electrons. The summed E-state index contributed by atoms with van der Waals surface area (Å²) < 4.78 is 0.